The molecule has 16 nitrogen and oxygen atoms in total. The average Bonchev–Trinajstić information content (AvgIpc) is 3.11. The fourth-order valence-corrected chi connectivity index (χ4v) is 6.62. The number of ether oxygens (including phenoxy) is 2. The van der Waals surface area contributed by atoms with Crippen LogP contribution < -0.4 is 0 Å². The number of terminal acetylenes is 1. The molecule has 1 saturated carbocycles. The zero-order valence-electron chi connectivity index (χ0n) is 30.1. The molecular weight excluding hydrogens is 750 g/mol. The summed E-state index contributed by atoms with van der Waals surface area (Å²) in [5.74, 6) is 18.2. The van der Waals surface area contributed by atoms with Crippen molar-refractivity contribution >= 4 is 27.6 Å². The third-order valence-corrected chi connectivity index (χ3v) is 9.28. The monoisotopic (exact) mass is 800 g/mol. The first-order chi connectivity index (χ1) is 25.6. The average molecular weight is 801 g/mol. The number of unbranched alkanes of at least 4 members (excludes halogenated alkanes) is 12. The van der Waals surface area contributed by atoms with E-state index in [2.05, 4.69) is 58.8 Å². The van der Waals surface area contributed by atoms with Gasteiger partial charge in [-0.15, -0.1) is 6.42 Å². The van der Waals surface area contributed by atoms with E-state index >= 15 is 0 Å². The Labute approximate surface area is 316 Å². The Hall–Kier alpha value is -3.20. The van der Waals surface area contributed by atoms with Gasteiger partial charge in [-0.1, -0.05) is 84.0 Å². The number of phosphoric ester groups is 2. The van der Waals surface area contributed by atoms with E-state index in [1.165, 1.54) is 44.9 Å². The van der Waals surface area contributed by atoms with Crippen molar-refractivity contribution in [1.82, 2.24) is 0 Å². The molecule has 0 bridgehead atoms. The first-order valence-corrected chi connectivity index (χ1v) is 20.6. The first kappa shape index (κ1) is 48.8. The van der Waals surface area contributed by atoms with Crippen LogP contribution in [0.5, 0.6) is 0 Å². The fourth-order valence-electron chi connectivity index (χ4n) is 5.08. The van der Waals surface area contributed by atoms with Crippen molar-refractivity contribution in [1.29, 1.82) is 0 Å². The van der Waals surface area contributed by atoms with Crippen molar-refractivity contribution in [2.24, 2.45) is 0 Å². The predicted octanol–water partition coefficient (Wildman–Crippen LogP) is 2.01. The van der Waals surface area contributed by atoms with Crippen molar-refractivity contribution in [3.63, 3.8) is 0 Å². The molecule has 8 atom stereocenters. The van der Waals surface area contributed by atoms with E-state index in [0.29, 0.717) is 6.42 Å². The molecule has 7 N–H and O–H groups in total. The number of esters is 2. The van der Waals surface area contributed by atoms with E-state index in [-0.39, 0.29) is 6.42 Å². The minimum atomic E-state index is -5.38. The Bertz CT molecular complexity index is 1560. The van der Waals surface area contributed by atoms with Gasteiger partial charge in [-0.05, 0) is 53.8 Å². The lowest BCUT2D eigenvalue weighted by Gasteiger charge is -2.43. The molecule has 0 aromatic heterocycles. The minimum Gasteiger partial charge on any atom is -0.456 e. The highest BCUT2D eigenvalue weighted by atomic mass is 31.2. The molecule has 4 unspecified atom stereocenters. The lowest BCUT2D eigenvalue weighted by atomic mass is 9.85. The molecular formula is C36H50O16P2. The largest absolute Gasteiger partial charge is 0.472 e. The number of phosphoric acid groups is 2. The molecule has 0 aliphatic heterocycles. The molecule has 1 aliphatic rings. The molecule has 0 heterocycles. The number of hydrogen-bond acceptors (Lipinski definition) is 13. The van der Waals surface area contributed by atoms with Gasteiger partial charge in [0.25, 0.3) is 0 Å². The van der Waals surface area contributed by atoms with Crippen LogP contribution in [-0.4, -0.2) is 103 Å². The van der Waals surface area contributed by atoms with Crippen LogP contribution in [0.2, 0.25) is 0 Å². The second-order valence-electron chi connectivity index (χ2n) is 12.2. The van der Waals surface area contributed by atoms with Gasteiger partial charge >= 0.3 is 27.6 Å². The molecule has 1 rings (SSSR count). The maximum Gasteiger partial charge on any atom is 0.472 e. The molecule has 0 amide bonds. The van der Waals surface area contributed by atoms with Gasteiger partial charge in [0.2, 0.25) is 0 Å². The molecule has 0 saturated heterocycles. The van der Waals surface area contributed by atoms with Crippen molar-refractivity contribution < 1.29 is 76.9 Å². The first-order valence-electron chi connectivity index (χ1n) is 17.6. The smallest absolute Gasteiger partial charge is 0.456 e. The van der Waals surface area contributed by atoms with Gasteiger partial charge in [0.05, 0.1) is 6.61 Å². The number of aliphatic hydroxyl groups is 4. The summed E-state index contributed by atoms with van der Waals surface area (Å²) in [5.41, 5.74) is 0. The summed E-state index contributed by atoms with van der Waals surface area (Å²) in [6, 6.07) is 0. The summed E-state index contributed by atoms with van der Waals surface area (Å²) in [4.78, 5) is 53.3. The predicted molar refractivity (Wildman–Crippen MR) is 193 cm³/mol. The topological polar surface area (TPSA) is 256 Å². The van der Waals surface area contributed by atoms with Gasteiger partial charge in [-0.2, -0.15) is 0 Å². The van der Waals surface area contributed by atoms with Crippen LogP contribution in [0, 0.1) is 59.7 Å². The maximum absolute atomic E-state index is 12.8. The molecule has 1 aliphatic carbocycles. The molecule has 300 valence electrons. The number of hydrogen-bond donors (Lipinski definition) is 7. The SMILES string of the molecule is C#CC#CC#CC#CC#CC(=O)OC[C@H](COP(=O)(O)OC1C(O)[C@@H](OP(=O)(O)O)C(O)[C@@H](O)[C@H]1O)OC(=O)CCCCCCCCCCCCCCC. The maximum atomic E-state index is 12.8. The summed E-state index contributed by atoms with van der Waals surface area (Å²) in [7, 11) is -10.7. The highest BCUT2D eigenvalue weighted by Crippen LogP contribution is 2.49. The second kappa shape index (κ2) is 27.4. The summed E-state index contributed by atoms with van der Waals surface area (Å²) >= 11 is 0. The van der Waals surface area contributed by atoms with Gasteiger partial charge in [0.15, 0.2) is 6.10 Å². The Morgan fingerprint density at radius 3 is 1.65 bits per heavy atom. The molecule has 0 spiro atoms. The van der Waals surface area contributed by atoms with Gasteiger partial charge in [0.1, 0.15) is 43.2 Å². The van der Waals surface area contributed by atoms with Crippen molar-refractivity contribution in [2.75, 3.05) is 13.2 Å². The highest BCUT2D eigenvalue weighted by molar-refractivity contribution is 7.47. The lowest BCUT2D eigenvalue weighted by Crippen LogP contribution is -2.64. The Kier molecular flexibility index (Phi) is 24.8. The summed E-state index contributed by atoms with van der Waals surface area (Å²) < 4.78 is 48.3. The zero-order chi connectivity index (χ0) is 40.4. The third kappa shape index (κ3) is 22.2. The van der Waals surface area contributed by atoms with Gasteiger partial charge in [-0.3, -0.25) is 18.4 Å². The van der Waals surface area contributed by atoms with Crippen LogP contribution in [0.25, 0.3) is 0 Å². The van der Waals surface area contributed by atoms with E-state index in [9.17, 15) is 44.0 Å². The normalized spacial score (nSPS) is 22.1. The van der Waals surface area contributed by atoms with Crippen LogP contribution >= 0.6 is 15.6 Å². The summed E-state index contributed by atoms with van der Waals surface area (Å²) in [5, 5.41) is 40.8. The van der Waals surface area contributed by atoms with E-state index in [1.54, 1.807) is 0 Å². The summed E-state index contributed by atoms with van der Waals surface area (Å²) in [6.07, 6.45) is 3.94. The standard InChI is InChI=1S/C36H50O16P2/c1-3-5-7-9-11-13-14-15-16-17-19-21-23-25-30(38)50-28(26-48-29(37)24-22-20-18-12-10-8-6-4-2)27-49-54(46,47)52-36-33(41)31(39)32(40)35(34(36)42)51-53(43,44)45/h2,28,31-36,39-42H,3,5,7,9,11,13-17,19,21,23,25-27H2,1H3,(H,46,47)(H2,43,44,45)/t28-,31-,32?,33-,34?,35+,36?/m1/s1. The van der Waals surface area contributed by atoms with Crippen LogP contribution in [0.15, 0.2) is 0 Å². The van der Waals surface area contributed by atoms with Crippen molar-refractivity contribution in [3.05, 3.63) is 0 Å². The Morgan fingerprint density at radius 1 is 0.648 bits per heavy atom. The number of carbonyl (C=O) groups excluding carboxylic acids is 2. The van der Waals surface area contributed by atoms with Crippen LogP contribution in [0.3, 0.4) is 0 Å². The van der Waals surface area contributed by atoms with E-state index < -0.39 is 83.5 Å². The highest BCUT2D eigenvalue weighted by Gasteiger charge is 2.54. The molecule has 0 aromatic rings. The van der Waals surface area contributed by atoms with E-state index in [1.807, 2.05) is 5.92 Å². The van der Waals surface area contributed by atoms with Crippen molar-refractivity contribution in [2.45, 2.75) is 140 Å². The van der Waals surface area contributed by atoms with Crippen LogP contribution in [0.4, 0.5) is 0 Å². The Balaban J connectivity index is 2.79. The number of carbonyl (C=O) groups is 2. The fraction of sp³-hybridized carbons (Fsp3) is 0.667. The lowest BCUT2D eigenvalue weighted by molar-refractivity contribution is -0.216. The molecule has 0 radical (unpaired) electrons. The molecule has 0 aromatic carbocycles. The molecule has 54 heavy (non-hydrogen) atoms. The van der Waals surface area contributed by atoms with E-state index in [0.717, 1.165) is 32.1 Å². The second-order valence-corrected chi connectivity index (χ2v) is 14.8. The van der Waals surface area contributed by atoms with Gasteiger partial charge < -0.3 is 44.6 Å². The number of rotatable bonds is 24. The quantitative estimate of drug-likeness (QED) is 0.0242. The van der Waals surface area contributed by atoms with Gasteiger partial charge in [0, 0.05) is 12.3 Å². The van der Waals surface area contributed by atoms with Crippen molar-refractivity contribution in [3.8, 4) is 59.7 Å². The number of aliphatic hydroxyl groups excluding tert-OH is 4. The van der Waals surface area contributed by atoms with Crippen LogP contribution in [-0.2, 0) is 41.8 Å². The van der Waals surface area contributed by atoms with Gasteiger partial charge in [-0.25, -0.2) is 13.9 Å². The van der Waals surface area contributed by atoms with Crippen LogP contribution in [0.1, 0.15) is 96.8 Å². The van der Waals surface area contributed by atoms with E-state index in [4.69, 9.17) is 34.7 Å². The Morgan fingerprint density at radius 2 is 1.13 bits per heavy atom. The zero-order valence-corrected chi connectivity index (χ0v) is 31.9. The minimum absolute atomic E-state index is 0.0285. The molecule has 1 fully saturated rings. The molecule has 18 heteroatoms. The third-order valence-electron chi connectivity index (χ3n) is 7.78. The summed E-state index contributed by atoms with van der Waals surface area (Å²) in [6.45, 7) is 0.531.